The Morgan fingerprint density at radius 2 is 1.96 bits per heavy atom. The predicted octanol–water partition coefficient (Wildman–Crippen LogP) is 3.45. The molecule has 0 radical (unpaired) electrons. The molecule has 1 aliphatic heterocycles. The molecule has 1 unspecified atom stereocenters. The number of nitrogens with zero attached hydrogens (tertiary/aromatic N) is 1. The molecule has 3 aromatic rings. The summed E-state index contributed by atoms with van der Waals surface area (Å²) >= 11 is 0. The third-order valence-corrected chi connectivity index (χ3v) is 4.45. The molecule has 23 heavy (non-hydrogen) atoms. The van der Waals surface area contributed by atoms with Crippen LogP contribution in [0.5, 0.6) is 0 Å². The number of aliphatic hydroxyl groups excluding tert-OH is 1. The predicted molar refractivity (Wildman–Crippen MR) is 89.2 cm³/mol. The fourth-order valence-corrected chi connectivity index (χ4v) is 3.22. The van der Waals surface area contributed by atoms with Gasteiger partial charge in [0.2, 0.25) is 5.91 Å². The summed E-state index contributed by atoms with van der Waals surface area (Å²) in [6, 6.07) is 15.9. The lowest BCUT2D eigenvalue weighted by Crippen LogP contribution is -2.24. The molecule has 1 saturated heterocycles. The van der Waals surface area contributed by atoms with Gasteiger partial charge in [-0.3, -0.25) is 4.79 Å². The van der Waals surface area contributed by atoms with Gasteiger partial charge < -0.3 is 14.4 Å². The molecule has 4 heteroatoms. The molecule has 1 aliphatic rings. The number of carbonyl (C=O) groups excluding carboxylic acids is 1. The number of hydrogen-bond acceptors (Lipinski definition) is 3. The van der Waals surface area contributed by atoms with Crippen molar-refractivity contribution in [3.05, 3.63) is 54.8 Å². The quantitative estimate of drug-likeness (QED) is 0.806. The van der Waals surface area contributed by atoms with Gasteiger partial charge in [-0.05, 0) is 35.4 Å². The second kappa shape index (κ2) is 5.56. The van der Waals surface area contributed by atoms with Crippen LogP contribution in [0, 0.1) is 5.92 Å². The number of fused-ring (bicyclic) bond motifs is 1. The van der Waals surface area contributed by atoms with Crippen LogP contribution < -0.4 is 4.90 Å². The van der Waals surface area contributed by atoms with E-state index in [9.17, 15) is 9.90 Å². The van der Waals surface area contributed by atoms with Crippen molar-refractivity contribution in [3.8, 4) is 11.1 Å². The van der Waals surface area contributed by atoms with E-state index in [0.717, 1.165) is 27.8 Å². The lowest BCUT2D eigenvalue weighted by atomic mass is 10.0. The van der Waals surface area contributed by atoms with Crippen molar-refractivity contribution in [2.24, 2.45) is 5.92 Å². The van der Waals surface area contributed by atoms with E-state index >= 15 is 0 Å². The van der Waals surface area contributed by atoms with Crippen LogP contribution in [-0.2, 0) is 4.79 Å². The van der Waals surface area contributed by atoms with Crippen LogP contribution in [0.1, 0.15) is 6.42 Å². The summed E-state index contributed by atoms with van der Waals surface area (Å²) in [4.78, 5) is 13.8. The van der Waals surface area contributed by atoms with E-state index in [-0.39, 0.29) is 18.4 Å². The Bertz CT molecular complexity index is 850. The van der Waals surface area contributed by atoms with Crippen molar-refractivity contribution >= 4 is 22.6 Å². The van der Waals surface area contributed by atoms with Gasteiger partial charge in [0.05, 0.1) is 6.26 Å². The lowest BCUT2D eigenvalue weighted by molar-refractivity contribution is -0.117. The van der Waals surface area contributed by atoms with Crippen molar-refractivity contribution in [2.45, 2.75) is 6.42 Å². The summed E-state index contributed by atoms with van der Waals surface area (Å²) in [5.41, 5.74) is 3.95. The van der Waals surface area contributed by atoms with Crippen molar-refractivity contribution in [1.82, 2.24) is 0 Å². The molecule has 1 aromatic heterocycles. The van der Waals surface area contributed by atoms with Crippen LogP contribution in [0.4, 0.5) is 5.69 Å². The van der Waals surface area contributed by atoms with Gasteiger partial charge in [-0.1, -0.05) is 24.3 Å². The largest absolute Gasteiger partial charge is 0.464 e. The second-order valence-electron chi connectivity index (χ2n) is 5.94. The molecule has 1 fully saturated rings. The molecule has 1 atom stereocenters. The average Bonchev–Trinajstić information content (AvgIpc) is 3.21. The Balaban J connectivity index is 1.66. The van der Waals surface area contributed by atoms with E-state index in [1.54, 1.807) is 11.2 Å². The number of carbonyl (C=O) groups is 1. The number of amides is 1. The molecule has 0 spiro atoms. The van der Waals surface area contributed by atoms with E-state index in [1.807, 2.05) is 42.5 Å². The molecule has 4 rings (SSSR count). The van der Waals surface area contributed by atoms with Crippen molar-refractivity contribution in [3.63, 3.8) is 0 Å². The first kappa shape index (κ1) is 14.0. The summed E-state index contributed by atoms with van der Waals surface area (Å²) in [5.74, 6) is 0.121. The standard InChI is InChI=1S/C19H17NO3/c21-12-13-10-19(22)20(11-13)15-6-4-14(5-7-15)16-2-1-3-18-17(16)8-9-23-18/h1-9,13,21H,10-12H2. The maximum Gasteiger partial charge on any atom is 0.227 e. The van der Waals surface area contributed by atoms with E-state index in [2.05, 4.69) is 6.07 Å². The Morgan fingerprint density at radius 3 is 2.70 bits per heavy atom. The highest BCUT2D eigenvalue weighted by Crippen LogP contribution is 2.32. The first-order valence-electron chi connectivity index (χ1n) is 7.74. The molecule has 2 heterocycles. The smallest absolute Gasteiger partial charge is 0.227 e. The van der Waals surface area contributed by atoms with Crippen LogP contribution in [-0.4, -0.2) is 24.2 Å². The van der Waals surface area contributed by atoms with Crippen molar-refractivity contribution < 1.29 is 14.3 Å². The van der Waals surface area contributed by atoms with Crippen LogP contribution in [0.2, 0.25) is 0 Å². The molecule has 0 saturated carbocycles. The number of aliphatic hydroxyl groups is 1. The maximum atomic E-state index is 12.0. The first-order chi connectivity index (χ1) is 11.3. The summed E-state index contributed by atoms with van der Waals surface area (Å²) in [6.07, 6.45) is 2.12. The van der Waals surface area contributed by atoms with Gasteiger partial charge >= 0.3 is 0 Å². The minimum absolute atomic E-state index is 0.0434. The number of furan rings is 1. The normalized spacial score (nSPS) is 18.0. The average molecular weight is 307 g/mol. The second-order valence-corrected chi connectivity index (χ2v) is 5.94. The highest BCUT2D eigenvalue weighted by atomic mass is 16.3. The Kier molecular flexibility index (Phi) is 3.39. The summed E-state index contributed by atoms with van der Waals surface area (Å²) in [7, 11) is 0. The van der Waals surface area contributed by atoms with E-state index in [4.69, 9.17) is 4.42 Å². The third-order valence-electron chi connectivity index (χ3n) is 4.45. The Labute approximate surface area is 133 Å². The summed E-state index contributed by atoms with van der Waals surface area (Å²) < 4.78 is 5.45. The zero-order valence-electron chi connectivity index (χ0n) is 12.6. The Morgan fingerprint density at radius 1 is 1.13 bits per heavy atom. The van der Waals surface area contributed by atoms with Gasteiger partial charge in [0.1, 0.15) is 5.58 Å². The van der Waals surface area contributed by atoms with Crippen LogP contribution in [0.25, 0.3) is 22.1 Å². The topological polar surface area (TPSA) is 53.7 Å². The molecular weight excluding hydrogens is 290 g/mol. The van der Waals surface area contributed by atoms with Crippen molar-refractivity contribution in [2.75, 3.05) is 18.1 Å². The lowest BCUT2D eigenvalue weighted by Gasteiger charge is -2.17. The van der Waals surface area contributed by atoms with E-state index in [1.165, 1.54) is 0 Å². The molecule has 0 aliphatic carbocycles. The number of hydrogen-bond donors (Lipinski definition) is 1. The van der Waals surface area contributed by atoms with Crippen LogP contribution >= 0.6 is 0 Å². The number of anilines is 1. The summed E-state index contributed by atoms with van der Waals surface area (Å²) in [5, 5.41) is 10.3. The van der Waals surface area contributed by atoms with E-state index in [0.29, 0.717) is 13.0 Å². The van der Waals surface area contributed by atoms with Gasteiger partial charge in [0.25, 0.3) is 0 Å². The van der Waals surface area contributed by atoms with Gasteiger partial charge in [-0.25, -0.2) is 0 Å². The third kappa shape index (κ3) is 2.41. The highest BCUT2D eigenvalue weighted by molar-refractivity contribution is 5.97. The number of benzene rings is 2. The van der Waals surface area contributed by atoms with Crippen LogP contribution in [0.15, 0.2) is 59.2 Å². The van der Waals surface area contributed by atoms with Gasteiger partial charge in [0, 0.05) is 36.6 Å². The monoisotopic (exact) mass is 307 g/mol. The minimum atomic E-state index is 0.0434. The highest BCUT2D eigenvalue weighted by Gasteiger charge is 2.29. The fraction of sp³-hybridized carbons (Fsp3) is 0.211. The zero-order chi connectivity index (χ0) is 15.8. The van der Waals surface area contributed by atoms with Crippen LogP contribution in [0.3, 0.4) is 0 Å². The zero-order valence-corrected chi connectivity index (χ0v) is 12.6. The molecular formula is C19H17NO3. The molecule has 4 nitrogen and oxygen atoms in total. The number of rotatable bonds is 3. The van der Waals surface area contributed by atoms with Gasteiger partial charge in [-0.15, -0.1) is 0 Å². The molecule has 2 aromatic carbocycles. The molecule has 0 bridgehead atoms. The SMILES string of the molecule is O=C1CC(CO)CN1c1ccc(-c2cccc3occc23)cc1. The molecule has 116 valence electrons. The minimum Gasteiger partial charge on any atom is -0.464 e. The van der Waals surface area contributed by atoms with Gasteiger partial charge in [0.15, 0.2) is 0 Å². The first-order valence-corrected chi connectivity index (χ1v) is 7.74. The van der Waals surface area contributed by atoms with E-state index < -0.39 is 0 Å². The van der Waals surface area contributed by atoms with Gasteiger partial charge in [-0.2, -0.15) is 0 Å². The molecule has 1 amide bonds. The Hall–Kier alpha value is -2.59. The maximum absolute atomic E-state index is 12.0. The van der Waals surface area contributed by atoms with Crippen molar-refractivity contribution in [1.29, 1.82) is 0 Å². The molecule has 1 N–H and O–H groups in total. The summed E-state index contributed by atoms with van der Waals surface area (Å²) in [6.45, 7) is 0.648. The fourth-order valence-electron chi connectivity index (χ4n) is 3.22.